The molecule has 0 amide bonds. The number of carboxylic acids is 3. The quantitative estimate of drug-likeness (QED) is 0.0853. The van der Waals surface area contributed by atoms with Crippen molar-refractivity contribution in [2.75, 3.05) is 39.3 Å². The van der Waals surface area contributed by atoms with Crippen LogP contribution in [-0.4, -0.2) is 86.9 Å². The number of rotatable bonds is 18. The van der Waals surface area contributed by atoms with Crippen molar-refractivity contribution < 1.29 is 29.7 Å². The average molecular weight is 765 g/mol. The second-order valence-electron chi connectivity index (χ2n) is 16.4. The lowest BCUT2D eigenvalue weighted by molar-refractivity contribution is -0.144. The Kier molecular flexibility index (Phi) is 12.8. The average Bonchev–Trinajstić information content (AvgIpc) is 4.02. The number of carboxylic acid groups (broad SMARTS) is 3. The fourth-order valence-electron chi connectivity index (χ4n) is 9.48. The van der Waals surface area contributed by atoms with Gasteiger partial charge in [0.2, 0.25) is 0 Å². The van der Waals surface area contributed by atoms with Crippen LogP contribution >= 0.6 is 0 Å². The number of hydrogen-bond donors (Lipinski definition) is 6. The number of benzene rings is 3. The number of nitrogens with one attached hydrogen (secondary N) is 3. The summed E-state index contributed by atoms with van der Waals surface area (Å²) >= 11 is 0. The van der Waals surface area contributed by atoms with E-state index in [1.165, 1.54) is 0 Å². The minimum Gasteiger partial charge on any atom is -0.481 e. The number of carbonyl (C=O) groups is 3. The number of hydrogen-bond acceptors (Lipinski definition) is 8. The molecule has 0 bridgehead atoms. The van der Waals surface area contributed by atoms with E-state index in [1.54, 1.807) is 0 Å². The Labute approximate surface area is 328 Å². The summed E-state index contributed by atoms with van der Waals surface area (Å²) in [5, 5.41) is 40.4. The normalized spacial score (nSPS) is 21.4. The van der Waals surface area contributed by atoms with Gasteiger partial charge in [0.05, 0.1) is 28.8 Å². The maximum absolute atomic E-state index is 12.4. The summed E-state index contributed by atoms with van der Waals surface area (Å²) in [5.41, 5.74) is 7.07. The van der Waals surface area contributed by atoms with Crippen LogP contribution in [0.4, 0.5) is 0 Å². The fraction of sp³-hybridized carbons (Fsp3) is 0.500. The first kappa shape index (κ1) is 39.6. The van der Waals surface area contributed by atoms with Crippen molar-refractivity contribution in [3.05, 3.63) is 100 Å². The number of aromatic nitrogens is 2. The Balaban J connectivity index is 1.17. The molecule has 0 spiro atoms. The minimum atomic E-state index is -0.786. The van der Waals surface area contributed by atoms with Crippen molar-refractivity contribution in [2.24, 2.45) is 42.6 Å². The number of nitrogens with zero attached hydrogens (tertiary/aromatic N) is 3. The molecule has 0 saturated carbocycles. The molecule has 3 fully saturated rings. The standard InChI is InChI=1S/C44H56N6O6/c1-49-40(21-38(44(55)56)34-13-16-47-24-34)48-39-10-4-9-35(41(39)49)27-50(25-30-7-2-5-28(17-30)19-36(42(51)52)32-11-14-45-22-32)26-31-8-3-6-29(18-31)20-37(43(53)54)33-12-15-46-23-33/h2-10,17-18,32-34,36-38,45-47H,11-16,19-27H2,1H3,(H,51,52)(H,53,54)(H,55,56)/t32-,33-,34-,36-,37-,38-/m0/s1. The van der Waals surface area contributed by atoms with Gasteiger partial charge in [-0.05, 0) is 123 Å². The zero-order valence-corrected chi connectivity index (χ0v) is 32.3. The van der Waals surface area contributed by atoms with Gasteiger partial charge in [0.1, 0.15) is 5.82 Å². The highest BCUT2D eigenvalue weighted by atomic mass is 16.4. The number of para-hydroxylation sites is 1. The number of fused-ring (bicyclic) bond motifs is 1. The smallest absolute Gasteiger partial charge is 0.307 e. The lowest BCUT2D eigenvalue weighted by atomic mass is 9.86. The fourth-order valence-corrected chi connectivity index (χ4v) is 9.48. The maximum atomic E-state index is 12.4. The molecule has 0 aliphatic carbocycles. The van der Waals surface area contributed by atoms with E-state index in [9.17, 15) is 29.7 Å². The van der Waals surface area contributed by atoms with Crippen LogP contribution < -0.4 is 16.0 Å². The molecule has 3 aliphatic heterocycles. The molecular weight excluding hydrogens is 709 g/mol. The summed E-state index contributed by atoms with van der Waals surface area (Å²) in [5.74, 6) is -2.67. The minimum absolute atomic E-state index is 0.0648. The van der Waals surface area contributed by atoms with E-state index in [4.69, 9.17) is 4.98 Å². The van der Waals surface area contributed by atoms with Gasteiger partial charge in [-0.25, -0.2) is 4.98 Å². The van der Waals surface area contributed by atoms with E-state index in [0.717, 1.165) is 96.7 Å². The number of imidazole rings is 1. The number of aryl methyl sites for hydroxylation is 1. The molecule has 6 atom stereocenters. The topological polar surface area (TPSA) is 169 Å². The molecule has 4 heterocycles. The monoisotopic (exact) mass is 764 g/mol. The van der Waals surface area contributed by atoms with Crippen LogP contribution in [0.25, 0.3) is 11.0 Å². The van der Waals surface area contributed by atoms with Crippen molar-refractivity contribution in [3.63, 3.8) is 0 Å². The van der Waals surface area contributed by atoms with E-state index < -0.39 is 35.7 Å². The van der Waals surface area contributed by atoms with Gasteiger partial charge < -0.3 is 35.8 Å². The summed E-state index contributed by atoms with van der Waals surface area (Å²) in [4.78, 5) is 44.4. The highest BCUT2D eigenvalue weighted by Gasteiger charge is 2.33. The Morgan fingerprint density at radius 1 is 0.661 bits per heavy atom. The Hall–Kier alpha value is -4.62. The molecule has 6 N–H and O–H groups in total. The largest absolute Gasteiger partial charge is 0.481 e. The van der Waals surface area contributed by atoms with Crippen LogP contribution in [0.2, 0.25) is 0 Å². The van der Waals surface area contributed by atoms with Crippen molar-refractivity contribution in [1.82, 2.24) is 30.4 Å². The molecule has 7 rings (SSSR count). The molecule has 12 heteroatoms. The summed E-state index contributed by atoms with van der Waals surface area (Å²) < 4.78 is 2.07. The Morgan fingerprint density at radius 2 is 1.11 bits per heavy atom. The van der Waals surface area contributed by atoms with Crippen molar-refractivity contribution in [2.45, 2.75) is 58.2 Å². The van der Waals surface area contributed by atoms with Gasteiger partial charge in [-0.2, -0.15) is 0 Å². The van der Waals surface area contributed by atoms with Gasteiger partial charge in [0.25, 0.3) is 0 Å². The van der Waals surface area contributed by atoms with Crippen molar-refractivity contribution in [1.29, 1.82) is 0 Å². The molecule has 4 aromatic rings. The Bertz CT molecular complexity index is 1920. The van der Waals surface area contributed by atoms with E-state index in [1.807, 2.05) is 43.4 Å². The van der Waals surface area contributed by atoms with Crippen LogP contribution in [0.3, 0.4) is 0 Å². The number of aliphatic carboxylic acids is 3. The molecule has 12 nitrogen and oxygen atoms in total. The molecule has 3 saturated heterocycles. The molecule has 298 valence electrons. The van der Waals surface area contributed by atoms with Crippen LogP contribution in [0.5, 0.6) is 0 Å². The summed E-state index contributed by atoms with van der Waals surface area (Å²) in [6.07, 6.45) is 3.88. The molecular formula is C44H56N6O6. The van der Waals surface area contributed by atoms with Crippen molar-refractivity contribution in [3.8, 4) is 0 Å². The van der Waals surface area contributed by atoms with Gasteiger partial charge in [0.15, 0.2) is 0 Å². The van der Waals surface area contributed by atoms with Crippen LogP contribution in [-0.2, 0) is 60.3 Å². The molecule has 56 heavy (non-hydrogen) atoms. The molecule has 0 unspecified atom stereocenters. The van der Waals surface area contributed by atoms with E-state index in [2.05, 4.69) is 55.7 Å². The van der Waals surface area contributed by atoms with Gasteiger partial charge in [0, 0.05) is 33.1 Å². The third-order valence-electron chi connectivity index (χ3n) is 12.5. The first-order chi connectivity index (χ1) is 27.1. The molecule has 3 aliphatic rings. The van der Waals surface area contributed by atoms with Gasteiger partial charge in [-0.15, -0.1) is 0 Å². The lowest BCUT2D eigenvalue weighted by Gasteiger charge is -2.25. The van der Waals surface area contributed by atoms with Crippen molar-refractivity contribution >= 4 is 28.9 Å². The maximum Gasteiger partial charge on any atom is 0.307 e. The zero-order valence-electron chi connectivity index (χ0n) is 32.3. The summed E-state index contributed by atoms with van der Waals surface area (Å²) in [7, 11) is 1.98. The van der Waals surface area contributed by atoms with Crippen LogP contribution in [0.15, 0.2) is 66.7 Å². The third-order valence-corrected chi connectivity index (χ3v) is 12.5. The van der Waals surface area contributed by atoms with E-state index in [-0.39, 0.29) is 17.8 Å². The van der Waals surface area contributed by atoms with Crippen LogP contribution in [0.1, 0.15) is 52.9 Å². The first-order valence-electron chi connectivity index (χ1n) is 20.2. The molecule has 0 radical (unpaired) electrons. The van der Waals surface area contributed by atoms with Gasteiger partial charge >= 0.3 is 17.9 Å². The van der Waals surface area contributed by atoms with Gasteiger partial charge in [-0.1, -0.05) is 60.7 Å². The highest BCUT2D eigenvalue weighted by Crippen LogP contribution is 2.30. The highest BCUT2D eigenvalue weighted by molar-refractivity contribution is 5.80. The molecule has 3 aromatic carbocycles. The van der Waals surface area contributed by atoms with Crippen LogP contribution in [0, 0.1) is 35.5 Å². The van der Waals surface area contributed by atoms with E-state index >= 15 is 0 Å². The third kappa shape index (κ3) is 9.49. The second-order valence-corrected chi connectivity index (χ2v) is 16.4. The predicted octanol–water partition coefficient (Wildman–Crippen LogP) is 4.33. The van der Waals surface area contributed by atoms with Gasteiger partial charge in [-0.3, -0.25) is 19.3 Å². The second kappa shape index (κ2) is 18.1. The van der Waals surface area contributed by atoms with E-state index in [0.29, 0.717) is 45.4 Å². The summed E-state index contributed by atoms with van der Waals surface area (Å²) in [6.45, 7) is 6.47. The Morgan fingerprint density at radius 3 is 1.55 bits per heavy atom. The lowest BCUT2D eigenvalue weighted by Crippen LogP contribution is -2.28. The summed E-state index contributed by atoms with van der Waals surface area (Å²) in [6, 6.07) is 22.7. The SMILES string of the molecule is Cn1c(C[C@H](C(=O)O)[C@H]2CCNC2)nc2cccc(CN(Cc3cccc(C[C@H](C(=O)O)[C@H]4CCNC4)c3)Cc3cccc(C[C@H](C(=O)O)[C@H]4CCNC4)c3)c21. The zero-order chi connectivity index (χ0) is 39.2. The molecule has 1 aromatic heterocycles. The predicted molar refractivity (Wildman–Crippen MR) is 214 cm³/mol. The first-order valence-corrected chi connectivity index (χ1v) is 20.2.